The Morgan fingerprint density at radius 2 is 1.75 bits per heavy atom. The molecule has 0 fully saturated rings. The highest BCUT2D eigenvalue weighted by Crippen LogP contribution is 2.27. The summed E-state index contributed by atoms with van der Waals surface area (Å²) in [6.45, 7) is 5.93. The summed E-state index contributed by atoms with van der Waals surface area (Å²) in [5.74, 6) is 0. The molecular weight excluding hydrogens is 340 g/mol. The van der Waals surface area contributed by atoms with E-state index < -0.39 is 10.8 Å². The van der Waals surface area contributed by atoms with Crippen LogP contribution in [0.3, 0.4) is 0 Å². The van der Waals surface area contributed by atoms with Crippen molar-refractivity contribution in [1.29, 1.82) is 0 Å². The summed E-state index contributed by atoms with van der Waals surface area (Å²) in [6.07, 6.45) is 1.67. The topological polar surface area (TPSA) is 34.9 Å². The summed E-state index contributed by atoms with van der Waals surface area (Å²) in [7, 11) is -0.994. The molecule has 0 aliphatic heterocycles. The van der Waals surface area contributed by atoms with Crippen LogP contribution in [0.5, 0.6) is 0 Å². The van der Waals surface area contributed by atoms with Crippen molar-refractivity contribution in [3.05, 3.63) is 71.9 Å². The Kier molecular flexibility index (Phi) is 4.69. The van der Waals surface area contributed by atoms with Gasteiger partial charge in [-0.25, -0.2) is 4.68 Å². The minimum atomic E-state index is -0.994. The number of hydrogen-bond acceptors (Lipinski definition) is 2. The van der Waals surface area contributed by atoms with Gasteiger partial charge in [0.2, 0.25) is 0 Å². The molecule has 0 saturated carbocycles. The fourth-order valence-electron chi connectivity index (χ4n) is 2.46. The molecule has 3 rings (SSSR count). The van der Waals surface area contributed by atoms with Crippen LogP contribution in [-0.4, -0.2) is 20.2 Å². The molecule has 0 spiro atoms. The summed E-state index contributed by atoms with van der Waals surface area (Å²) >= 11 is 6.13. The predicted molar refractivity (Wildman–Crippen MR) is 101 cm³/mol. The zero-order valence-electron chi connectivity index (χ0n) is 13.5. The predicted octanol–water partition coefficient (Wildman–Crippen LogP) is 4.96. The van der Waals surface area contributed by atoms with Gasteiger partial charge in [-0.15, -0.1) is 0 Å². The van der Waals surface area contributed by atoms with Crippen molar-refractivity contribution in [2.45, 2.75) is 11.8 Å². The molecule has 0 radical (unpaired) electrons. The van der Waals surface area contributed by atoms with E-state index >= 15 is 0 Å². The van der Waals surface area contributed by atoms with Crippen LogP contribution in [0.25, 0.3) is 22.5 Å². The molecule has 0 amide bonds. The van der Waals surface area contributed by atoms with E-state index in [-0.39, 0.29) is 0 Å². The summed E-state index contributed by atoms with van der Waals surface area (Å²) in [5, 5.41) is 4.82. The summed E-state index contributed by atoms with van der Waals surface area (Å²) in [5.41, 5.74) is 4.88. The first-order valence-electron chi connectivity index (χ1n) is 7.41. The standard InChI is InChI=1S/C19H17ClN2OS/c1-13(2)14-4-8-16(9-5-14)22-18(12-19(20)21-22)15-6-10-17(11-7-15)24(3)23/h4-12H,1H2,2-3H3. The van der Waals surface area contributed by atoms with Crippen LogP contribution in [0, 0.1) is 0 Å². The van der Waals surface area contributed by atoms with Gasteiger partial charge in [-0.3, -0.25) is 4.21 Å². The Labute approximate surface area is 149 Å². The molecule has 0 N–H and O–H groups in total. The molecule has 1 atom stereocenters. The number of allylic oxidation sites excluding steroid dienone is 1. The molecule has 3 nitrogen and oxygen atoms in total. The van der Waals surface area contributed by atoms with Crippen LogP contribution in [0.2, 0.25) is 5.15 Å². The van der Waals surface area contributed by atoms with Gasteiger partial charge in [-0.2, -0.15) is 5.10 Å². The number of hydrogen-bond donors (Lipinski definition) is 0. The molecule has 1 unspecified atom stereocenters. The molecule has 1 heterocycles. The maximum Gasteiger partial charge on any atom is 0.152 e. The second kappa shape index (κ2) is 6.75. The van der Waals surface area contributed by atoms with Gasteiger partial charge >= 0.3 is 0 Å². The van der Waals surface area contributed by atoms with E-state index in [1.54, 1.807) is 6.26 Å². The van der Waals surface area contributed by atoms with E-state index in [0.717, 1.165) is 33.0 Å². The lowest BCUT2D eigenvalue weighted by Gasteiger charge is -2.09. The van der Waals surface area contributed by atoms with Crippen LogP contribution in [-0.2, 0) is 10.8 Å². The Balaban J connectivity index is 2.04. The maximum atomic E-state index is 11.5. The molecule has 0 aliphatic rings. The third-order valence-electron chi connectivity index (χ3n) is 3.77. The van der Waals surface area contributed by atoms with Crippen LogP contribution in [0.4, 0.5) is 0 Å². The number of halogens is 1. The fraction of sp³-hybridized carbons (Fsp3) is 0.105. The lowest BCUT2D eigenvalue weighted by atomic mass is 10.1. The Bertz CT molecular complexity index is 837. The molecule has 24 heavy (non-hydrogen) atoms. The molecule has 0 bridgehead atoms. The summed E-state index contributed by atoms with van der Waals surface area (Å²) < 4.78 is 13.3. The highest BCUT2D eigenvalue weighted by molar-refractivity contribution is 7.84. The first-order valence-corrected chi connectivity index (χ1v) is 9.35. The van der Waals surface area contributed by atoms with Crippen molar-refractivity contribution in [3.63, 3.8) is 0 Å². The average Bonchev–Trinajstić information content (AvgIpc) is 2.97. The van der Waals surface area contributed by atoms with Gasteiger partial charge in [0.05, 0.1) is 11.4 Å². The van der Waals surface area contributed by atoms with Crippen LogP contribution < -0.4 is 0 Å². The van der Waals surface area contributed by atoms with Crippen molar-refractivity contribution in [3.8, 4) is 16.9 Å². The smallest absolute Gasteiger partial charge is 0.152 e. The molecule has 5 heteroatoms. The molecule has 3 aromatic rings. The van der Waals surface area contributed by atoms with Crippen LogP contribution >= 0.6 is 11.6 Å². The van der Waals surface area contributed by atoms with Crippen molar-refractivity contribution in [2.75, 3.05) is 6.26 Å². The normalized spacial score (nSPS) is 12.1. The lowest BCUT2D eigenvalue weighted by Crippen LogP contribution is -1.99. The second-order valence-corrected chi connectivity index (χ2v) is 7.34. The van der Waals surface area contributed by atoms with Gasteiger partial charge in [-0.05, 0) is 36.8 Å². The fourth-order valence-corrected chi connectivity index (χ4v) is 3.16. The third-order valence-corrected chi connectivity index (χ3v) is 4.89. The van der Waals surface area contributed by atoms with Gasteiger partial charge in [0.25, 0.3) is 0 Å². The van der Waals surface area contributed by atoms with E-state index in [2.05, 4.69) is 11.7 Å². The van der Waals surface area contributed by atoms with E-state index in [1.165, 1.54) is 0 Å². The summed E-state index contributed by atoms with van der Waals surface area (Å²) in [6, 6.07) is 17.4. The van der Waals surface area contributed by atoms with E-state index in [9.17, 15) is 4.21 Å². The van der Waals surface area contributed by atoms with Gasteiger partial charge in [0, 0.05) is 33.6 Å². The van der Waals surface area contributed by atoms with Crippen molar-refractivity contribution >= 4 is 28.0 Å². The number of nitrogens with zero attached hydrogens (tertiary/aromatic N) is 2. The number of rotatable bonds is 4. The number of benzene rings is 2. The van der Waals surface area contributed by atoms with E-state index in [4.69, 9.17) is 11.6 Å². The van der Waals surface area contributed by atoms with Crippen molar-refractivity contribution in [2.24, 2.45) is 0 Å². The maximum absolute atomic E-state index is 11.5. The van der Waals surface area contributed by atoms with Gasteiger partial charge < -0.3 is 0 Å². The number of aromatic nitrogens is 2. The van der Waals surface area contributed by atoms with Crippen molar-refractivity contribution in [1.82, 2.24) is 9.78 Å². The largest absolute Gasteiger partial charge is 0.255 e. The van der Waals surface area contributed by atoms with E-state index in [1.807, 2.05) is 66.2 Å². The monoisotopic (exact) mass is 356 g/mol. The van der Waals surface area contributed by atoms with Gasteiger partial charge in [0.15, 0.2) is 5.15 Å². The Hall–Kier alpha value is -2.17. The summed E-state index contributed by atoms with van der Waals surface area (Å²) in [4.78, 5) is 0.793. The highest BCUT2D eigenvalue weighted by Gasteiger charge is 2.11. The highest BCUT2D eigenvalue weighted by atomic mass is 35.5. The zero-order chi connectivity index (χ0) is 17.3. The molecule has 122 valence electrons. The molecule has 1 aromatic heterocycles. The first-order chi connectivity index (χ1) is 11.5. The third kappa shape index (κ3) is 3.35. The Morgan fingerprint density at radius 1 is 1.12 bits per heavy atom. The first kappa shape index (κ1) is 16.7. The van der Waals surface area contributed by atoms with Crippen molar-refractivity contribution < 1.29 is 4.21 Å². The lowest BCUT2D eigenvalue weighted by molar-refractivity contribution is 0.687. The molecule has 0 aliphatic carbocycles. The van der Waals surface area contributed by atoms with Gasteiger partial charge in [0.1, 0.15) is 0 Å². The quantitative estimate of drug-likeness (QED) is 0.662. The second-order valence-electron chi connectivity index (χ2n) is 5.57. The molecular formula is C19H17ClN2OS. The minimum Gasteiger partial charge on any atom is -0.255 e. The average molecular weight is 357 g/mol. The molecule has 2 aromatic carbocycles. The van der Waals surface area contributed by atoms with Crippen LogP contribution in [0.1, 0.15) is 12.5 Å². The van der Waals surface area contributed by atoms with E-state index in [0.29, 0.717) is 5.15 Å². The van der Waals surface area contributed by atoms with Crippen LogP contribution in [0.15, 0.2) is 66.1 Å². The minimum absolute atomic E-state index is 0.428. The van der Waals surface area contributed by atoms with Gasteiger partial charge in [-0.1, -0.05) is 48.0 Å². The zero-order valence-corrected chi connectivity index (χ0v) is 15.1. The Morgan fingerprint density at radius 3 is 2.29 bits per heavy atom. The SMILES string of the molecule is C=C(C)c1ccc(-n2nc(Cl)cc2-c2ccc(S(C)=O)cc2)cc1. The molecule has 0 saturated heterocycles.